The van der Waals surface area contributed by atoms with Gasteiger partial charge in [0.1, 0.15) is 0 Å². The van der Waals surface area contributed by atoms with Gasteiger partial charge in [0, 0.05) is 36.9 Å². The highest BCUT2D eigenvalue weighted by Crippen LogP contribution is 2.29. The van der Waals surface area contributed by atoms with Gasteiger partial charge < -0.3 is 9.80 Å². The molecule has 1 aromatic rings. The van der Waals surface area contributed by atoms with E-state index in [0.29, 0.717) is 18.3 Å². The van der Waals surface area contributed by atoms with Crippen molar-refractivity contribution >= 4 is 17.7 Å². The predicted octanol–water partition coefficient (Wildman–Crippen LogP) is 1.82. The van der Waals surface area contributed by atoms with Crippen LogP contribution in [0.25, 0.3) is 0 Å². The molecule has 1 unspecified atom stereocenters. The lowest BCUT2D eigenvalue weighted by Gasteiger charge is -2.37. The zero-order valence-electron chi connectivity index (χ0n) is 16.5. The summed E-state index contributed by atoms with van der Waals surface area (Å²) in [4.78, 5) is 34.5. The number of hydrogen-bond acceptors (Lipinski definition) is 5. The highest BCUT2D eigenvalue weighted by atomic mass is 32.2. The van der Waals surface area contributed by atoms with Crippen LogP contribution in [0.5, 0.6) is 0 Å². The molecule has 2 aliphatic heterocycles. The zero-order chi connectivity index (χ0) is 19.1. The van der Waals surface area contributed by atoms with E-state index in [0.717, 1.165) is 36.8 Å². The van der Waals surface area contributed by atoms with Gasteiger partial charge in [-0.3, -0.25) is 14.2 Å². The van der Waals surface area contributed by atoms with Crippen LogP contribution in [0.15, 0.2) is 16.0 Å². The van der Waals surface area contributed by atoms with Gasteiger partial charge in [0.2, 0.25) is 5.91 Å². The van der Waals surface area contributed by atoms with E-state index in [1.165, 1.54) is 11.8 Å². The molecular formula is C19H30N4O2S. The number of thioether (sulfide) groups is 1. The number of fused-ring (bicyclic) bond motifs is 1. The van der Waals surface area contributed by atoms with Crippen LogP contribution in [0.1, 0.15) is 39.3 Å². The molecule has 0 N–H and O–H groups in total. The Kier molecular flexibility index (Phi) is 5.49. The van der Waals surface area contributed by atoms with Gasteiger partial charge in [-0.1, -0.05) is 32.5 Å². The Morgan fingerprint density at radius 3 is 2.58 bits per heavy atom. The third-order valence-electron chi connectivity index (χ3n) is 5.49. The average Bonchev–Trinajstić information content (AvgIpc) is 2.60. The molecule has 2 aliphatic rings. The minimum Gasteiger partial charge on any atom is -0.342 e. The van der Waals surface area contributed by atoms with Crippen LogP contribution in [0.3, 0.4) is 0 Å². The van der Waals surface area contributed by atoms with Gasteiger partial charge in [0.05, 0.1) is 11.6 Å². The van der Waals surface area contributed by atoms with Crippen molar-refractivity contribution in [2.75, 3.05) is 32.9 Å². The van der Waals surface area contributed by atoms with E-state index >= 15 is 0 Å². The SMILES string of the molecule is CN1CCC(N(C)C(=O)C2CSc3nc(C(C)(C)C)cc(=O)n3C2)CC1. The molecule has 0 saturated carbocycles. The minimum absolute atomic E-state index is 0.0492. The highest BCUT2D eigenvalue weighted by molar-refractivity contribution is 7.99. The number of nitrogens with zero attached hydrogens (tertiary/aromatic N) is 4. The number of aromatic nitrogens is 2. The summed E-state index contributed by atoms with van der Waals surface area (Å²) in [5.41, 5.74) is 0.609. The maximum absolute atomic E-state index is 13.0. The van der Waals surface area contributed by atoms with Crippen LogP contribution in [0, 0.1) is 5.92 Å². The monoisotopic (exact) mass is 378 g/mol. The van der Waals surface area contributed by atoms with Gasteiger partial charge >= 0.3 is 0 Å². The van der Waals surface area contributed by atoms with Crippen molar-refractivity contribution in [2.45, 2.75) is 56.8 Å². The van der Waals surface area contributed by atoms with Crippen LogP contribution in [-0.4, -0.2) is 64.2 Å². The van der Waals surface area contributed by atoms with E-state index in [1.807, 2.05) is 11.9 Å². The molecule has 1 aromatic heterocycles. The van der Waals surface area contributed by atoms with Crippen LogP contribution < -0.4 is 5.56 Å². The summed E-state index contributed by atoms with van der Waals surface area (Å²) in [6.07, 6.45) is 2.04. The first-order chi connectivity index (χ1) is 12.2. The first kappa shape index (κ1) is 19.4. The molecule has 0 aliphatic carbocycles. The molecule has 26 heavy (non-hydrogen) atoms. The number of rotatable bonds is 2. The fourth-order valence-electron chi connectivity index (χ4n) is 3.60. The average molecular weight is 379 g/mol. The van der Waals surface area contributed by atoms with Crippen LogP contribution in [-0.2, 0) is 16.8 Å². The Morgan fingerprint density at radius 1 is 1.31 bits per heavy atom. The Bertz CT molecular complexity index is 732. The Balaban J connectivity index is 1.74. The maximum Gasteiger partial charge on any atom is 0.254 e. The van der Waals surface area contributed by atoms with E-state index in [4.69, 9.17) is 0 Å². The van der Waals surface area contributed by atoms with Gasteiger partial charge in [-0.05, 0) is 33.0 Å². The molecule has 7 heteroatoms. The fraction of sp³-hybridized carbons (Fsp3) is 0.737. The Morgan fingerprint density at radius 2 is 1.96 bits per heavy atom. The number of piperidine rings is 1. The van der Waals surface area contributed by atoms with Crippen molar-refractivity contribution in [3.63, 3.8) is 0 Å². The first-order valence-electron chi connectivity index (χ1n) is 9.37. The normalized spacial score (nSPS) is 22.1. The Hall–Kier alpha value is -1.34. The molecule has 1 amide bonds. The predicted molar refractivity (Wildman–Crippen MR) is 105 cm³/mol. The summed E-state index contributed by atoms with van der Waals surface area (Å²) in [6.45, 7) is 8.67. The van der Waals surface area contributed by atoms with Crippen LogP contribution in [0.4, 0.5) is 0 Å². The largest absolute Gasteiger partial charge is 0.342 e. The standard InChI is InChI=1S/C19H30N4O2S/c1-19(2,3)15-10-16(24)23-11-13(12-26-18(23)20-15)17(25)22(5)14-6-8-21(4)9-7-14/h10,13-14H,6-9,11-12H2,1-5H3. The summed E-state index contributed by atoms with van der Waals surface area (Å²) in [7, 11) is 4.04. The second-order valence-corrected chi connectivity index (χ2v) is 9.60. The van der Waals surface area contributed by atoms with E-state index in [2.05, 4.69) is 37.7 Å². The van der Waals surface area contributed by atoms with Crippen molar-refractivity contribution in [1.82, 2.24) is 19.4 Å². The third-order valence-corrected chi connectivity index (χ3v) is 6.63. The number of carbonyl (C=O) groups excluding carboxylic acids is 1. The molecule has 6 nitrogen and oxygen atoms in total. The molecule has 1 atom stereocenters. The summed E-state index contributed by atoms with van der Waals surface area (Å²) in [5.74, 6) is 0.692. The first-order valence-corrected chi connectivity index (χ1v) is 10.4. The lowest BCUT2D eigenvalue weighted by molar-refractivity contribution is -0.137. The number of amides is 1. The Labute approximate surface area is 160 Å². The van der Waals surface area contributed by atoms with Gasteiger partial charge in [-0.2, -0.15) is 0 Å². The molecule has 1 saturated heterocycles. The number of hydrogen-bond donors (Lipinski definition) is 0. The van der Waals surface area contributed by atoms with E-state index < -0.39 is 0 Å². The lowest BCUT2D eigenvalue weighted by atomic mass is 9.92. The molecule has 1 fully saturated rings. The number of carbonyl (C=O) groups is 1. The van der Waals surface area contributed by atoms with E-state index in [1.54, 1.807) is 10.6 Å². The molecule has 3 heterocycles. The second-order valence-electron chi connectivity index (χ2n) is 8.61. The smallest absolute Gasteiger partial charge is 0.254 e. The lowest BCUT2D eigenvalue weighted by Crippen LogP contribution is -2.48. The van der Waals surface area contributed by atoms with Crippen molar-refractivity contribution in [2.24, 2.45) is 5.92 Å². The van der Waals surface area contributed by atoms with E-state index in [9.17, 15) is 9.59 Å². The molecular weight excluding hydrogens is 348 g/mol. The molecule has 144 valence electrons. The van der Waals surface area contributed by atoms with Crippen LogP contribution >= 0.6 is 11.8 Å². The van der Waals surface area contributed by atoms with Crippen molar-refractivity contribution in [3.05, 3.63) is 22.1 Å². The summed E-state index contributed by atoms with van der Waals surface area (Å²) in [5, 5.41) is 0.744. The summed E-state index contributed by atoms with van der Waals surface area (Å²) < 4.78 is 1.68. The molecule has 0 bridgehead atoms. The number of likely N-dealkylation sites (tertiary alicyclic amines) is 1. The zero-order valence-corrected chi connectivity index (χ0v) is 17.3. The quantitative estimate of drug-likeness (QED) is 0.735. The van der Waals surface area contributed by atoms with Crippen LogP contribution in [0.2, 0.25) is 0 Å². The molecule has 3 rings (SSSR count). The second kappa shape index (κ2) is 7.35. The minimum atomic E-state index is -0.156. The highest BCUT2D eigenvalue weighted by Gasteiger charge is 2.33. The molecule has 0 spiro atoms. The summed E-state index contributed by atoms with van der Waals surface area (Å²) in [6, 6.07) is 1.93. The van der Waals surface area contributed by atoms with Gasteiger partial charge in [-0.25, -0.2) is 4.98 Å². The van der Waals surface area contributed by atoms with Crippen molar-refractivity contribution in [1.29, 1.82) is 0 Å². The topological polar surface area (TPSA) is 58.4 Å². The van der Waals surface area contributed by atoms with Gasteiger partial charge in [-0.15, -0.1) is 0 Å². The van der Waals surface area contributed by atoms with Crippen molar-refractivity contribution in [3.8, 4) is 0 Å². The van der Waals surface area contributed by atoms with E-state index in [-0.39, 0.29) is 22.8 Å². The van der Waals surface area contributed by atoms with Gasteiger partial charge in [0.25, 0.3) is 5.56 Å². The maximum atomic E-state index is 13.0. The van der Waals surface area contributed by atoms with Gasteiger partial charge in [0.15, 0.2) is 5.16 Å². The van der Waals surface area contributed by atoms with Crippen molar-refractivity contribution < 1.29 is 4.79 Å². The fourth-order valence-corrected chi connectivity index (χ4v) is 4.68. The molecule has 0 radical (unpaired) electrons. The summed E-state index contributed by atoms with van der Waals surface area (Å²) >= 11 is 1.53. The third kappa shape index (κ3) is 3.98. The molecule has 0 aromatic carbocycles.